The van der Waals surface area contributed by atoms with Crippen LogP contribution in [0.15, 0.2) is 12.1 Å². The van der Waals surface area contributed by atoms with Gasteiger partial charge in [0.2, 0.25) is 0 Å². The van der Waals surface area contributed by atoms with Crippen LogP contribution in [-0.2, 0) is 0 Å². The summed E-state index contributed by atoms with van der Waals surface area (Å²) < 4.78 is 13.5. The molecule has 0 fully saturated rings. The summed E-state index contributed by atoms with van der Waals surface area (Å²) in [6.45, 7) is 3.58. The van der Waals surface area contributed by atoms with Crippen LogP contribution in [0.5, 0.6) is 0 Å². The molecule has 0 bridgehead atoms. The first-order chi connectivity index (χ1) is 8.38. The maximum absolute atomic E-state index is 13.5. The first kappa shape index (κ1) is 13.9. The number of rotatable bonds is 4. The molecule has 1 aromatic rings. The molecule has 0 radical (unpaired) electrons. The van der Waals surface area contributed by atoms with Gasteiger partial charge in [0, 0.05) is 12.1 Å². The van der Waals surface area contributed by atoms with Crippen molar-refractivity contribution in [3.63, 3.8) is 0 Å². The van der Waals surface area contributed by atoms with Crippen LogP contribution >= 0.6 is 0 Å². The molecule has 0 aliphatic carbocycles. The lowest BCUT2D eigenvalue weighted by Crippen LogP contribution is -2.33. The Morgan fingerprint density at radius 2 is 2.22 bits per heavy atom. The lowest BCUT2D eigenvalue weighted by molar-refractivity contribution is -0.384. The lowest BCUT2D eigenvalue weighted by Gasteiger charge is -2.13. The van der Waals surface area contributed by atoms with Gasteiger partial charge in [0.1, 0.15) is 17.1 Å². The van der Waals surface area contributed by atoms with E-state index in [0.29, 0.717) is 6.42 Å². The quantitative estimate of drug-likeness (QED) is 0.487. The van der Waals surface area contributed by atoms with Crippen LogP contribution < -0.4 is 11.1 Å². The first-order valence-electron chi connectivity index (χ1n) is 5.41. The molecule has 1 aromatic carbocycles. The van der Waals surface area contributed by atoms with Gasteiger partial charge >= 0.3 is 0 Å². The molecule has 1 unspecified atom stereocenters. The summed E-state index contributed by atoms with van der Waals surface area (Å²) in [5.74, 6) is -1.62. The van der Waals surface area contributed by atoms with Crippen molar-refractivity contribution in [2.45, 2.75) is 26.3 Å². The van der Waals surface area contributed by atoms with E-state index in [0.717, 1.165) is 12.1 Å². The summed E-state index contributed by atoms with van der Waals surface area (Å²) in [5.41, 5.74) is 4.04. The molecular weight excluding hydrogens is 241 g/mol. The number of amides is 1. The average molecular weight is 255 g/mol. The van der Waals surface area contributed by atoms with Crippen LogP contribution in [0, 0.1) is 15.9 Å². The molecule has 0 aliphatic heterocycles. The predicted octanol–water partition coefficient (Wildman–Crippen LogP) is 1.84. The van der Waals surface area contributed by atoms with Crippen molar-refractivity contribution in [2.24, 2.45) is 0 Å². The molecule has 0 aromatic heterocycles. The Hall–Kier alpha value is -2.18. The molecule has 0 spiro atoms. The maximum Gasteiger partial charge on any atom is 0.293 e. The number of anilines is 1. The third kappa shape index (κ3) is 2.73. The van der Waals surface area contributed by atoms with E-state index >= 15 is 0 Å². The van der Waals surface area contributed by atoms with Crippen molar-refractivity contribution in [3.05, 3.63) is 33.6 Å². The van der Waals surface area contributed by atoms with Gasteiger partial charge in [-0.3, -0.25) is 14.9 Å². The van der Waals surface area contributed by atoms with Gasteiger partial charge in [0.05, 0.1) is 4.92 Å². The smallest absolute Gasteiger partial charge is 0.293 e. The summed E-state index contributed by atoms with van der Waals surface area (Å²) in [6, 6.07) is 1.63. The molecule has 98 valence electrons. The van der Waals surface area contributed by atoms with E-state index in [-0.39, 0.29) is 6.04 Å². The van der Waals surface area contributed by atoms with E-state index in [1.165, 1.54) is 0 Å². The number of hydrogen-bond acceptors (Lipinski definition) is 4. The Kier molecular flexibility index (Phi) is 4.19. The molecule has 18 heavy (non-hydrogen) atoms. The molecule has 0 aliphatic rings. The Balaban J connectivity index is 3.19. The minimum absolute atomic E-state index is 0.171. The number of halogens is 1. The molecule has 1 atom stereocenters. The number of benzene rings is 1. The summed E-state index contributed by atoms with van der Waals surface area (Å²) in [7, 11) is 0. The van der Waals surface area contributed by atoms with Crippen LogP contribution in [0.2, 0.25) is 0 Å². The first-order valence-corrected chi connectivity index (χ1v) is 5.41. The van der Waals surface area contributed by atoms with Crippen molar-refractivity contribution in [1.29, 1.82) is 0 Å². The Labute approximate surface area is 103 Å². The van der Waals surface area contributed by atoms with E-state index < -0.39 is 33.6 Å². The third-order valence-corrected chi connectivity index (χ3v) is 2.59. The zero-order chi connectivity index (χ0) is 13.9. The highest BCUT2D eigenvalue weighted by molar-refractivity contribution is 6.01. The summed E-state index contributed by atoms with van der Waals surface area (Å²) in [6.07, 6.45) is 0.655. The van der Waals surface area contributed by atoms with Crippen LogP contribution in [-0.4, -0.2) is 16.9 Å². The highest BCUT2D eigenvalue weighted by Crippen LogP contribution is 2.27. The molecule has 6 nitrogen and oxygen atoms in total. The summed E-state index contributed by atoms with van der Waals surface area (Å²) in [4.78, 5) is 21.7. The van der Waals surface area contributed by atoms with Crippen molar-refractivity contribution >= 4 is 17.3 Å². The van der Waals surface area contributed by atoms with E-state index in [1.807, 2.05) is 6.92 Å². The number of nitro groups is 1. The Morgan fingerprint density at radius 1 is 1.61 bits per heavy atom. The molecule has 7 heteroatoms. The largest absolute Gasteiger partial charge is 0.392 e. The SMILES string of the molecule is CCC(C)NC(=O)c1c(F)ccc([N+](=O)[O-])c1N. The van der Waals surface area contributed by atoms with Gasteiger partial charge in [-0.05, 0) is 19.4 Å². The second kappa shape index (κ2) is 5.44. The standard InChI is InChI=1S/C11H14FN3O3/c1-3-6(2)14-11(16)9-7(12)4-5-8(10(9)13)15(17)18/h4-6H,3,13H2,1-2H3,(H,14,16). The molecule has 0 saturated heterocycles. The maximum atomic E-state index is 13.5. The van der Waals surface area contributed by atoms with Crippen LogP contribution in [0.1, 0.15) is 30.6 Å². The zero-order valence-electron chi connectivity index (χ0n) is 10.1. The number of nitrogens with one attached hydrogen (secondary N) is 1. The Bertz CT molecular complexity index is 491. The second-order valence-electron chi connectivity index (χ2n) is 3.90. The molecule has 0 saturated carbocycles. The van der Waals surface area contributed by atoms with Gasteiger partial charge in [0.25, 0.3) is 11.6 Å². The second-order valence-corrected chi connectivity index (χ2v) is 3.90. The van der Waals surface area contributed by atoms with Crippen molar-refractivity contribution < 1.29 is 14.1 Å². The van der Waals surface area contributed by atoms with Gasteiger partial charge in [-0.2, -0.15) is 0 Å². The Morgan fingerprint density at radius 3 is 2.72 bits per heavy atom. The fourth-order valence-electron chi connectivity index (χ4n) is 1.37. The number of nitrogen functional groups attached to an aromatic ring is 1. The van der Waals surface area contributed by atoms with Gasteiger partial charge in [-0.15, -0.1) is 0 Å². The van der Waals surface area contributed by atoms with Gasteiger partial charge < -0.3 is 11.1 Å². The highest BCUT2D eigenvalue weighted by atomic mass is 19.1. The van der Waals surface area contributed by atoms with Crippen molar-refractivity contribution in [1.82, 2.24) is 5.32 Å². The molecule has 1 rings (SSSR count). The lowest BCUT2D eigenvalue weighted by atomic mass is 10.1. The molecule has 0 heterocycles. The number of nitrogens with zero attached hydrogens (tertiary/aromatic N) is 1. The van der Waals surface area contributed by atoms with Crippen LogP contribution in [0.25, 0.3) is 0 Å². The topological polar surface area (TPSA) is 98.3 Å². The number of hydrogen-bond donors (Lipinski definition) is 2. The fraction of sp³-hybridized carbons (Fsp3) is 0.364. The van der Waals surface area contributed by atoms with Crippen molar-refractivity contribution in [2.75, 3.05) is 5.73 Å². The monoisotopic (exact) mass is 255 g/mol. The van der Waals surface area contributed by atoms with E-state index in [4.69, 9.17) is 5.73 Å². The number of carbonyl (C=O) groups is 1. The van der Waals surface area contributed by atoms with Crippen LogP contribution in [0.3, 0.4) is 0 Å². The van der Waals surface area contributed by atoms with E-state index in [2.05, 4.69) is 5.32 Å². The fourth-order valence-corrected chi connectivity index (χ4v) is 1.37. The minimum Gasteiger partial charge on any atom is -0.392 e. The predicted molar refractivity (Wildman–Crippen MR) is 64.7 cm³/mol. The van der Waals surface area contributed by atoms with Gasteiger partial charge in [0.15, 0.2) is 0 Å². The van der Waals surface area contributed by atoms with Crippen LogP contribution in [0.4, 0.5) is 15.8 Å². The van der Waals surface area contributed by atoms with E-state index in [1.54, 1.807) is 6.92 Å². The molecule has 1 amide bonds. The van der Waals surface area contributed by atoms with Gasteiger partial charge in [-0.1, -0.05) is 6.92 Å². The molecular formula is C11H14FN3O3. The normalized spacial score (nSPS) is 11.9. The van der Waals surface area contributed by atoms with E-state index in [9.17, 15) is 19.3 Å². The average Bonchev–Trinajstić information content (AvgIpc) is 2.28. The summed E-state index contributed by atoms with van der Waals surface area (Å²) >= 11 is 0. The zero-order valence-corrected chi connectivity index (χ0v) is 10.1. The number of carbonyl (C=O) groups excluding carboxylic acids is 1. The van der Waals surface area contributed by atoms with Gasteiger partial charge in [-0.25, -0.2) is 4.39 Å². The van der Waals surface area contributed by atoms with Crippen molar-refractivity contribution in [3.8, 4) is 0 Å². The number of nitro benzene ring substituents is 1. The third-order valence-electron chi connectivity index (χ3n) is 2.59. The highest BCUT2D eigenvalue weighted by Gasteiger charge is 2.24. The number of nitrogens with two attached hydrogens (primary N) is 1. The summed E-state index contributed by atoms with van der Waals surface area (Å²) in [5, 5.41) is 13.2. The molecule has 3 N–H and O–H groups in total. The minimum atomic E-state index is -0.876.